The Morgan fingerprint density at radius 2 is 2.16 bits per heavy atom. The Hall–Kier alpha value is -1.97. The fourth-order valence-corrected chi connectivity index (χ4v) is 2.43. The molecule has 4 heteroatoms. The number of ether oxygens (including phenoxy) is 1. The average molecular weight is 261 g/mol. The molecule has 0 fully saturated rings. The molecule has 19 heavy (non-hydrogen) atoms. The number of benzene rings is 1. The molecule has 0 saturated heterocycles. The molecule has 1 heterocycles. The van der Waals surface area contributed by atoms with Gasteiger partial charge in [-0.3, -0.25) is 4.79 Å². The highest BCUT2D eigenvalue weighted by atomic mass is 16.5. The number of aliphatic carboxylic acids is 1. The van der Waals surface area contributed by atoms with Crippen molar-refractivity contribution in [3.63, 3.8) is 0 Å². The number of rotatable bonds is 5. The molecule has 1 aromatic heterocycles. The van der Waals surface area contributed by atoms with Gasteiger partial charge in [-0.15, -0.1) is 0 Å². The van der Waals surface area contributed by atoms with Crippen LogP contribution in [0.25, 0.3) is 10.9 Å². The highest BCUT2D eigenvalue weighted by Crippen LogP contribution is 2.29. The van der Waals surface area contributed by atoms with Crippen molar-refractivity contribution in [2.24, 2.45) is 7.05 Å². The Labute approximate surface area is 112 Å². The Morgan fingerprint density at radius 3 is 2.79 bits per heavy atom. The fraction of sp³-hybridized carbons (Fsp3) is 0.400. The third-order valence-electron chi connectivity index (χ3n) is 3.49. The van der Waals surface area contributed by atoms with Gasteiger partial charge in [-0.2, -0.15) is 0 Å². The van der Waals surface area contributed by atoms with Crippen molar-refractivity contribution < 1.29 is 14.6 Å². The molecule has 0 radical (unpaired) electrons. The van der Waals surface area contributed by atoms with Crippen molar-refractivity contribution in [1.82, 2.24) is 4.57 Å². The minimum Gasteiger partial charge on any atom is -0.494 e. The lowest BCUT2D eigenvalue weighted by Crippen LogP contribution is -1.99. The Kier molecular flexibility index (Phi) is 3.79. The van der Waals surface area contributed by atoms with Crippen molar-refractivity contribution >= 4 is 16.9 Å². The van der Waals surface area contributed by atoms with E-state index in [1.54, 1.807) is 0 Å². The number of hydrogen-bond donors (Lipinski definition) is 1. The summed E-state index contributed by atoms with van der Waals surface area (Å²) >= 11 is 0. The number of carboxylic acid groups (broad SMARTS) is 1. The van der Waals surface area contributed by atoms with Gasteiger partial charge in [0.15, 0.2) is 0 Å². The third-order valence-corrected chi connectivity index (χ3v) is 3.49. The van der Waals surface area contributed by atoms with Gasteiger partial charge in [-0.1, -0.05) is 0 Å². The first-order valence-electron chi connectivity index (χ1n) is 6.47. The molecule has 4 nitrogen and oxygen atoms in total. The zero-order chi connectivity index (χ0) is 14.0. The van der Waals surface area contributed by atoms with Gasteiger partial charge in [0.05, 0.1) is 6.61 Å². The van der Waals surface area contributed by atoms with Gasteiger partial charge in [0.1, 0.15) is 5.75 Å². The van der Waals surface area contributed by atoms with Crippen molar-refractivity contribution in [3.8, 4) is 5.75 Å². The Balaban J connectivity index is 2.50. The number of aromatic nitrogens is 1. The number of aryl methyl sites for hydroxylation is 2. The number of hydrogen-bond acceptors (Lipinski definition) is 2. The van der Waals surface area contributed by atoms with Crippen LogP contribution in [0.15, 0.2) is 18.2 Å². The lowest BCUT2D eigenvalue weighted by atomic mass is 10.1. The van der Waals surface area contributed by atoms with Gasteiger partial charge in [0.2, 0.25) is 0 Å². The molecule has 2 aromatic rings. The van der Waals surface area contributed by atoms with E-state index in [-0.39, 0.29) is 6.42 Å². The van der Waals surface area contributed by atoms with E-state index in [1.165, 1.54) is 0 Å². The predicted molar refractivity (Wildman–Crippen MR) is 74.8 cm³/mol. The highest BCUT2D eigenvalue weighted by molar-refractivity contribution is 5.87. The lowest BCUT2D eigenvalue weighted by Gasteiger charge is -2.04. The standard InChI is InChI=1S/C15H19NO3/c1-4-19-11-5-7-14-13(9-11)12(6-8-15(17)18)10(2)16(14)3/h5,7,9H,4,6,8H2,1-3H3,(H,17,18). The Morgan fingerprint density at radius 1 is 1.42 bits per heavy atom. The molecule has 0 aliphatic carbocycles. The lowest BCUT2D eigenvalue weighted by molar-refractivity contribution is -0.136. The molecule has 0 bridgehead atoms. The summed E-state index contributed by atoms with van der Waals surface area (Å²) in [7, 11) is 2.00. The fourth-order valence-electron chi connectivity index (χ4n) is 2.43. The smallest absolute Gasteiger partial charge is 0.303 e. The Bertz CT molecular complexity index is 613. The van der Waals surface area contributed by atoms with Crippen LogP contribution < -0.4 is 4.74 Å². The summed E-state index contributed by atoms with van der Waals surface area (Å²) in [5.41, 5.74) is 3.33. The summed E-state index contributed by atoms with van der Waals surface area (Å²) in [4.78, 5) is 10.8. The maximum Gasteiger partial charge on any atom is 0.303 e. The second-order valence-electron chi connectivity index (χ2n) is 4.63. The summed E-state index contributed by atoms with van der Waals surface area (Å²) in [5, 5.41) is 9.94. The molecule has 102 valence electrons. The molecule has 0 spiro atoms. The van der Waals surface area contributed by atoms with Crippen LogP contribution in [-0.2, 0) is 18.3 Å². The molecule has 0 saturated carbocycles. The molecule has 0 amide bonds. The van der Waals surface area contributed by atoms with Crippen molar-refractivity contribution in [3.05, 3.63) is 29.5 Å². The van der Waals surface area contributed by atoms with E-state index in [1.807, 2.05) is 39.1 Å². The largest absolute Gasteiger partial charge is 0.494 e. The van der Waals surface area contributed by atoms with Crippen LogP contribution in [0.3, 0.4) is 0 Å². The van der Waals surface area contributed by atoms with Crippen molar-refractivity contribution in [2.75, 3.05) is 6.61 Å². The van der Waals surface area contributed by atoms with Gasteiger partial charge in [-0.05, 0) is 44.0 Å². The van der Waals surface area contributed by atoms with Gasteiger partial charge in [0.25, 0.3) is 0 Å². The normalized spacial score (nSPS) is 10.9. The second kappa shape index (κ2) is 5.34. The monoisotopic (exact) mass is 261 g/mol. The molecule has 0 aliphatic rings. The van der Waals surface area contributed by atoms with Gasteiger partial charge in [0, 0.05) is 30.1 Å². The van der Waals surface area contributed by atoms with Crippen LogP contribution in [-0.4, -0.2) is 22.2 Å². The van der Waals surface area contributed by atoms with Gasteiger partial charge >= 0.3 is 5.97 Å². The van der Waals surface area contributed by atoms with E-state index in [0.29, 0.717) is 13.0 Å². The molecule has 1 N–H and O–H groups in total. The maximum absolute atomic E-state index is 10.8. The molecule has 0 aliphatic heterocycles. The minimum atomic E-state index is -0.766. The van der Waals surface area contributed by atoms with E-state index in [0.717, 1.165) is 27.9 Å². The van der Waals surface area contributed by atoms with Gasteiger partial charge in [-0.25, -0.2) is 0 Å². The van der Waals surface area contributed by atoms with Gasteiger partial charge < -0.3 is 14.4 Å². The van der Waals surface area contributed by atoms with E-state index in [4.69, 9.17) is 9.84 Å². The summed E-state index contributed by atoms with van der Waals surface area (Å²) in [6.07, 6.45) is 0.701. The molecular weight excluding hydrogens is 242 g/mol. The summed E-state index contributed by atoms with van der Waals surface area (Å²) in [6, 6.07) is 5.98. The van der Waals surface area contributed by atoms with Crippen LogP contribution >= 0.6 is 0 Å². The molecule has 0 unspecified atom stereocenters. The summed E-state index contributed by atoms with van der Waals surface area (Å²) in [5.74, 6) is 0.0644. The summed E-state index contributed by atoms with van der Waals surface area (Å²) < 4.78 is 7.62. The number of fused-ring (bicyclic) bond motifs is 1. The SMILES string of the molecule is CCOc1ccc2c(c1)c(CCC(=O)O)c(C)n2C. The second-order valence-corrected chi connectivity index (χ2v) is 4.63. The molecular formula is C15H19NO3. The van der Waals surface area contributed by atoms with Crippen LogP contribution in [0.2, 0.25) is 0 Å². The molecule has 0 atom stereocenters. The third kappa shape index (κ3) is 2.57. The predicted octanol–water partition coefficient (Wildman–Crippen LogP) is 2.90. The topological polar surface area (TPSA) is 51.5 Å². The summed E-state index contributed by atoms with van der Waals surface area (Å²) in [6.45, 7) is 4.60. The van der Waals surface area contributed by atoms with E-state index < -0.39 is 5.97 Å². The van der Waals surface area contributed by atoms with Crippen LogP contribution in [0.5, 0.6) is 5.75 Å². The first kappa shape index (κ1) is 13.5. The van der Waals surface area contributed by atoms with E-state index in [2.05, 4.69) is 4.57 Å². The minimum absolute atomic E-state index is 0.152. The number of carboxylic acids is 1. The van der Waals surface area contributed by atoms with Crippen LogP contribution in [0, 0.1) is 6.92 Å². The highest BCUT2D eigenvalue weighted by Gasteiger charge is 2.13. The van der Waals surface area contributed by atoms with Crippen LogP contribution in [0.1, 0.15) is 24.6 Å². The number of nitrogens with zero attached hydrogens (tertiary/aromatic N) is 1. The number of carbonyl (C=O) groups is 1. The first-order valence-corrected chi connectivity index (χ1v) is 6.47. The maximum atomic E-state index is 10.8. The molecule has 1 aromatic carbocycles. The van der Waals surface area contributed by atoms with Crippen molar-refractivity contribution in [2.45, 2.75) is 26.7 Å². The molecule has 2 rings (SSSR count). The first-order chi connectivity index (χ1) is 9.04. The zero-order valence-electron chi connectivity index (χ0n) is 11.6. The average Bonchev–Trinajstić information content (AvgIpc) is 2.60. The van der Waals surface area contributed by atoms with Crippen LogP contribution in [0.4, 0.5) is 0 Å². The van der Waals surface area contributed by atoms with Crippen molar-refractivity contribution in [1.29, 1.82) is 0 Å². The van der Waals surface area contributed by atoms with E-state index in [9.17, 15) is 4.79 Å². The van der Waals surface area contributed by atoms with E-state index >= 15 is 0 Å². The quantitative estimate of drug-likeness (QED) is 0.900. The zero-order valence-corrected chi connectivity index (χ0v) is 11.6.